The molecule has 0 radical (unpaired) electrons. The molecule has 0 aromatic heterocycles. The van der Waals surface area contributed by atoms with Crippen molar-refractivity contribution in [1.82, 2.24) is 0 Å². The molecule has 1 atom stereocenters. The lowest BCUT2D eigenvalue weighted by Gasteiger charge is -2.43. The highest BCUT2D eigenvalue weighted by Gasteiger charge is 2.95. The summed E-state index contributed by atoms with van der Waals surface area (Å²) in [6.07, 6.45) is -12.8. The van der Waals surface area contributed by atoms with Gasteiger partial charge in [0.15, 0.2) is 0 Å². The van der Waals surface area contributed by atoms with Crippen molar-refractivity contribution >= 4 is 0 Å². The Kier molecular flexibility index (Phi) is 8.07. The Morgan fingerprint density at radius 2 is 0.944 bits per heavy atom. The van der Waals surface area contributed by atoms with Gasteiger partial charge in [0.05, 0.1) is 6.10 Å². The first kappa shape index (κ1) is 32.0. The summed E-state index contributed by atoms with van der Waals surface area (Å²) in [5, 5.41) is 0. The number of alkyl halides is 17. The second kappa shape index (κ2) is 9.08. The zero-order chi connectivity index (χ0) is 29.0. The van der Waals surface area contributed by atoms with Crippen molar-refractivity contribution in [3.8, 4) is 0 Å². The molecular formula is C18H13F17O. The quantitative estimate of drug-likeness (QED) is 0.260. The fraction of sp³-hybridized carbons (Fsp3) is 0.667. The lowest BCUT2D eigenvalue weighted by molar-refractivity contribution is -0.462. The summed E-state index contributed by atoms with van der Waals surface area (Å²) in [4.78, 5) is 0. The standard InChI is InChI=1S/C18H13F17O/c1-8-5-3-4-6-9(8)10(36-2)7-11(19,20)12(21,22)13(23,24)14(25,26)15(27,28)16(29,30)17(31,32)18(33,34)35/h3-6,10H,7H2,1-2H3. The molecule has 0 aliphatic rings. The molecule has 0 spiro atoms. The summed E-state index contributed by atoms with van der Waals surface area (Å²) in [6.45, 7) is 1.16. The molecule has 0 N–H and O–H groups in total. The van der Waals surface area contributed by atoms with Crippen molar-refractivity contribution in [2.24, 2.45) is 0 Å². The van der Waals surface area contributed by atoms with E-state index in [9.17, 15) is 74.6 Å². The van der Waals surface area contributed by atoms with E-state index in [0.29, 0.717) is 7.11 Å². The van der Waals surface area contributed by atoms with Crippen LogP contribution in [0.3, 0.4) is 0 Å². The van der Waals surface area contributed by atoms with Crippen LogP contribution in [0.4, 0.5) is 74.6 Å². The van der Waals surface area contributed by atoms with Crippen LogP contribution in [-0.2, 0) is 4.74 Å². The molecule has 0 bridgehead atoms. The van der Waals surface area contributed by atoms with Gasteiger partial charge in [-0.3, -0.25) is 0 Å². The summed E-state index contributed by atoms with van der Waals surface area (Å²) >= 11 is 0. The van der Waals surface area contributed by atoms with Crippen LogP contribution in [-0.4, -0.2) is 54.7 Å². The number of hydrogen-bond donors (Lipinski definition) is 0. The molecule has 1 aromatic rings. The van der Waals surface area contributed by atoms with Gasteiger partial charge in [0, 0.05) is 13.5 Å². The molecule has 0 saturated carbocycles. The number of ether oxygens (including phenoxy) is 1. The molecule has 0 heterocycles. The highest BCUT2D eigenvalue weighted by atomic mass is 19.4. The predicted molar refractivity (Wildman–Crippen MR) is 86.2 cm³/mol. The molecule has 0 amide bonds. The monoisotopic (exact) mass is 568 g/mol. The summed E-state index contributed by atoms with van der Waals surface area (Å²) in [7, 11) is 0.548. The van der Waals surface area contributed by atoms with Gasteiger partial charge in [-0.25, -0.2) is 0 Å². The average molecular weight is 568 g/mol. The topological polar surface area (TPSA) is 9.23 Å². The van der Waals surface area contributed by atoms with E-state index in [0.717, 1.165) is 25.1 Å². The van der Waals surface area contributed by atoms with Crippen molar-refractivity contribution in [1.29, 1.82) is 0 Å². The maximum atomic E-state index is 14.2. The Morgan fingerprint density at radius 3 is 1.31 bits per heavy atom. The van der Waals surface area contributed by atoms with E-state index in [2.05, 4.69) is 4.74 Å². The molecule has 1 nitrogen and oxygen atoms in total. The van der Waals surface area contributed by atoms with E-state index in [-0.39, 0.29) is 5.56 Å². The van der Waals surface area contributed by atoms with Crippen LogP contribution in [0.5, 0.6) is 0 Å². The van der Waals surface area contributed by atoms with Crippen molar-refractivity contribution in [3.05, 3.63) is 35.4 Å². The zero-order valence-electron chi connectivity index (χ0n) is 17.4. The fourth-order valence-corrected chi connectivity index (χ4v) is 2.83. The summed E-state index contributed by atoms with van der Waals surface area (Å²) in [6, 6.07) is 4.44. The lowest BCUT2D eigenvalue weighted by Crippen LogP contribution is -2.74. The van der Waals surface area contributed by atoms with Gasteiger partial charge in [-0.05, 0) is 18.1 Å². The van der Waals surface area contributed by atoms with Gasteiger partial charge in [0.1, 0.15) is 0 Å². The van der Waals surface area contributed by atoms with Gasteiger partial charge in [-0.2, -0.15) is 74.6 Å². The molecule has 36 heavy (non-hydrogen) atoms. The van der Waals surface area contributed by atoms with E-state index in [1.165, 1.54) is 6.07 Å². The van der Waals surface area contributed by atoms with E-state index in [1.807, 2.05) is 0 Å². The minimum atomic E-state index is -8.64. The normalized spacial score (nSPS) is 16.3. The van der Waals surface area contributed by atoms with Crippen LogP contribution >= 0.6 is 0 Å². The Hall–Kier alpha value is -2.01. The third-order valence-electron chi connectivity index (χ3n) is 5.05. The van der Waals surface area contributed by atoms with E-state index < -0.39 is 65.7 Å². The molecule has 0 saturated heterocycles. The Bertz CT molecular complexity index is 918. The first-order chi connectivity index (χ1) is 15.7. The van der Waals surface area contributed by atoms with Crippen molar-refractivity contribution in [2.75, 3.05) is 7.11 Å². The summed E-state index contributed by atoms with van der Waals surface area (Å²) < 4.78 is 231. The fourth-order valence-electron chi connectivity index (χ4n) is 2.83. The van der Waals surface area contributed by atoms with Crippen LogP contribution < -0.4 is 0 Å². The average Bonchev–Trinajstić information content (AvgIpc) is 2.70. The molecule has 18 heteroatoms. The largest absolute Gasteiger partial charge is 0.460 e. The lowest BCUT2D eigenvalue weighted by atomic mass is 9.86. The SMILES string of the molecule is COC(CC(F)(F)C(F)(F)C(F)(F)C(F)(F)C(F)(F)C(F)(F)C(F)(F)C(F)(F)F)c1ccccc1C. The van der Waals surface area contributed by atoms with E-state index >= 15 is 0 Å². The van der Waals surface area contributed by atoms with E-state index in [4.69, 9.17) is 0 Å². The maximum Gasteiger partial charge on any atom is 0.460 e. The molecule has 0 aliphatic carbocycles. The smallest absolute Gasteiger partial charge is 0.377 e. The maximum absolute atomic E-state index is 14.2. The van der Waals surface area contributed by atoms with Crippen LogP contribution in [0.15, 0.2) is 24.3 Å². The van der Waals surface area contributed by atoms with Gasteiger partial charge in [-0.15, -0.1) is 0 Å². The minimum absolute atomic E-state index is 0.0129. The summed E-state index contributed by atoms with van der Waals surface area (Å²) in [5.74, 6) is -56.5. The number of halogens is 17. The second-order valence-corrected chi connectivity index (χ2v) is 7.43. The van der Waals surface area contributed by atoms with Crippen molar-refractivity contribution in [2.45, 2.75) is 67.1 Å². The third-order valence-corrected chi connectivity index (χ3v) is 5.05. The minimum Gasteiger partial charge on any atom is -0.377 e. The molecule has 0 aliphatic heterocycles. The number of aryl methyl sites for hydroxylation is 1. The van der Waals surface area contributed by atoms with Crippen LogP contribution in [0.1, 0.15) is 23.7 Å². The van der Waals surface area contributed by atoms with Gasteiger partial charge in [0.25, 0.3) is 0 Å². The van der Waals surface area contributed by atoms with Crippen molar-refractivity contribution in [3.63, 3.8) is 0 Å². The molecule has 210 valence electrons. The second-order valence-electron chi connectivity index (χ2n) is 7.43. The molecule has 1 aromatic carbocycles. The van der Waals surface area contributed by atoms with Crippen molar-refractivity contribution < 1.29 is 79.4 Å². The molecule has 1 rings (SSSR count). The van der Waals surface area contributed by atoms with Crippen LogP contribution in [0.25, 0.3) is 0 Å². The van der Waals surface area contributed by atoms with E-state index in [1.54, 1.807) is 0 Å². The zero-order valence-corrected chi connectivity index (χ0v) is 17.4. The third kappa shape index (κ3) is 4.46. The summed E-state index contributed by atoms with van der Waals surface area (Å²) in [5.41, 5.74) is -0.437. The first-order valence-electron chi connectivity index (χ1n) is 8.98. The Balaban J connectivity index is 3.60. The number of benzene rings is 1. The van der Waals surface area contributed by atoms with Gasteiger partial charge >= 0.3 is 47.6 Å². The first-order valence-corrected chi connectivity index (χ1v) is 8.98. The van der Waals surface area contributed by atoms with Gasteiger partial charge in [-0.1, -0.05) is 24.3 Å². The highest BCUT2D eigenvalue weighted by Crippen LogP contribution is 2.64. The molecular weight excluding hydrogens is 555 g/mol. The Labute approximate surface area is 190 Å². The number of rotatable bonds is 10. The Morgan fingerprint density at radius 1 is 0.583 bits per heavy atom. The molecule has 0 fully saturated rings. The number of methoxy groups -OCH3 is 1. The van der Waals surface area contributed by atoms with Crippen LogP contribution in [0, 0.1) is 6.92 Å². The highest BCUT2D eigenvalue weighted by molar-refractivity contribution is 5.28. The predicted octanol–water partition coefficient (Wildman–Crippen LogP) is 8.08. The molecule has 1 unspecified atom stereocenters. The van der Waals surface area contributed by atoms with Crippen LogP contribution in [0.2, 0.25) is 0 Å². The van der Waals surface area contributed by atoms with Gasteiger partial charge < -0.3 is 4.74 Å². The van der Waals surface area contributed by atoms with Gasteiger partial charge in [0.2, 0.25) is 0 Å². The number of hydrogen-bond acceptors (Lipinski definition) is 1.